The summed E-state index contributed by atoms with van der Waals surface area (Å²) < 4.78 is 1.11. The Bertz CT molecular complexity index is 372. The average molecular weight is 426 g/mol. The van der Waals surface area contributed by atoms with Crippen LogP contribution in [0.1, 0.15) is 129 Å². The fourth-order valence-electron chi connectivity index (χ4n) is 3.35. The second kappa shape index (κ2) is 24.4. The molecule has 3 heteroatoms. The summed E-state index contributed by atoms with van der Waals surface area (Å²) in [5.41, 5.74) is 0. The lowest BCUT2D eigenvalue weighted by molar-refractivity contribution is -0.870. The zero-order valence-electron chi connectivity index (χ0n) is 21.4. The van der Waals surface area contributed by atoms with E-state index in [0.717, 1.165) is 23.7 Å². The summed E-state index contributed by atoms with van der Waals surface area (Å²) in [7, 11) is 6.87. The molecule has 180 valence electrons. The second-order valence-electron chi connectivity index (χ2n) is 9.78. The minimum absolute atomic E-state index is 0.216. The molecule has 0 rings (SSSR count). The van der Waals surface area contributed by atoms with E-state index in [1.54, 1.807) is 0 Å². The molecule has 0 aliphatic carbocycles. The highest BCUT2D eigenvalue weighted by Crippen LogP contribution is 2.10. The van der Waals surface area contributed by atoms with Crippen molar-refractivity contribution < 1.29 is 14.4 Å². The third-order valence-electron chi connectivity index (χ3n) is 5.33. The van der Waals surface area contributed by atoms with Crippen molar-refractivity contribution in [3.8, 4) is 0 Å². The maximum Gasteiger partial charge on any atom is 0.0780 e. The van der Waals surface area contributed by atoms with Gasteiger partial charge in [-0.3, -0.25) is 0 Å². The molecule has 0 aliphatic rings. The number of carbonyl (C=O) groups is 1. The van der Waals surface area contributed by atoms with Gasteiger partial charge in [-0.2, -0.15) is 0 Å². The molecule has 0 fully saturated rings. The SMILES string of the molecule is CCCCCC(=O)[O-].CCCCCCCCC=CCCCCCCCC[N+](C)(C)C. The number of rotatable bonds is 20. The number of unbranched alkanes of at least 4 members (excludes halogenated alkanes) is 14. The summed E-state index contributed by atoms with van der Waals surface area (Å²) in [6.45, 7) is 5.64. The van der Waals surface area contributed by atoms with Gasteiger partial charge in [0.25, 0.3) is 0 Å². The molecule has 0 radical (unpaired) electrons. The molecule has 0 aliphatic heterocycles. The number of nitrogens with zero attached hydrogens (tertiary/aromatic N) is 1. The van der Waals surface area contributed by atoms with Gasteiger partial charge in [-0.15, -0.1) is 0 Å². The van der Waals surface area contributed by atoms with Crippen LogP contribution >= 0.6 is 0 Å². The van der Waals surface area contributed by atoms with Crippen LogP contribution in [0, 0.1) is 0 Å². The quantitative estimate of drug-likeness (QED) is 0.119. The largest absolute Gasteiger partial charge is 0.550 e. The van der Waals surface area contributed by atoms with E-state index in [1.165, 1.54) is 96.4 Å². The third-order valence-corrected chi connectivity index (χ3v) is 5.33. The molecular weight excluding hydrogens is 370 g/mol. The number of carboxylic acid groups (broad SMARTS) is 1. The monoisotopic (exact) mass is 425 g/mol. The number of quaternary nitrogens is 1. The summed E-state index contributed by atoms with van der Waals surface area (Å²) >= 11 is 0. The van der Waals surface area contributed by atoms with Crippen molar-refractivity contribution in [2.75, 3.05) is 27.7 Å². The standard InChI is InChI=1S/C21H44N.C6H12O2/c1-5-6-7-8-9-10-11-12-13-14-15-16-17-18-19-20-21-22(2,3)4;1-2-3-4-5-6(7)8/h12-13H,5-11,14-21H2,1-4H3;2-5H2,1H3,(H,7,8)/q+1;/p-1. The van der Waals surface area contributed by atoms with Crippen molar-refractivity contribution in [3.05, 3.63) is 12.2 Å². The molecular formula is C27H55NO2. The maximum atomic E-state index is 9.76. The topological polar surface area (TPSA) is 40.1 Å². The average Bonchev–Trinajstić information content (AvgIpc) is 2.67. The van der Waals surface area contributed by atoms with Crippen molar-refractivity contribution in [1.82, 2.24) is 0 Å². The van der Waals surface area contributed by atoms with E-state index in [-0.39, 0.29) is 6.42 Å². The molecule has 0 bridgehead atoms. The number of carboxylic acids is 1. The summed E-state index contributed by atoms with van der Waals surface area (Å²) in [4.78, 5) is 9.76. The van der Waals surface area contributed by atoms with Gasteiger partial charge in [-0.05, 0) is 51.4 Å². The van der Waals surface area contributed by atoms with Crippen LogP contribution in [0.5, 0.6) is 0 Å². The highest BCUT2D eigenvalue weighted by Gasteiger charge is 2.04. The van der Waals surface area contributed by atoms with Gasteiger partial charge >= 0.3 is 0 Å². The Hall–Kier alpha value is -0.830. The minimum atomic E-state index is -0.932. The Morgan fingerprint density at radius 2 is 1.03 bits per heavy atom. The van der Waals surface area contributed by atoms with Crippen LogP contribution in [0.15, 0.2) is 12.2 Å². The van der Waals surface area contributed by atoms with Crippen LogP contribution in [-0.2, 0) is 4.79 Å². The van der Waals surface area contributed by atoms with Gasteiger partial charge in [0.2, 0.25) is 0 Å². The van der Waals surface area contributed by atoms with E-state index in [0.29, 0.717) is 0 Å². The van der Waals surface area contributed by atoms with Gasteiger partial charge in [0.1, 0.15) is 0 Å². The molecule has 0 aromatic heterocycles. The van der Waals surface area contributed by atoms with E-state index < -0.39 is 5.97 Å². The Balaban J connectivity index is 0. The van der Waals surface area contributed by atoms with E-state index in [9.17, 15) is 9.90 Å². The Morgan fingerprint density at radius 3 is 1.47 bits per heavy atom. The second-order valence-corrected chi connectivity index (χ2v) is 9.78. The minimum Gasteiger partial charge on any atom is -0.550 e. The third kappa shape index (κ3) is 34.7. The Morgan fingerprint density at radius 1 is 0.633 bits per heavy atom. The molecule has 0 heterocycles. The lowest BCUT2D eigenvalue weighted by Gasteiger charge is -2.23. The highest BCUT2D eigenvalue weighted by molar-refractivity contribution is 5.63. The van der Waals surface area contributed by atoms with Gasteiger partial charge in [-0.1, -0.05) is 90.2 Å². The van der Waals surface area contributed by atoms with Crippen LogP contribution in [0.4, 0.5) is 0 Å². The lowest BCUT2D eigenvalue weighted by Crippen LogP contribution is -2.35. The first-order valence-corrected chi connectivity index (χ1v) is 13.0. The predicted molar refractivity (Wildman–Crippen MR) is 132 cm³/mol. The van der Waals surface area contributed by atoms with Crippen LogP contribution < -0.4 is 5.11 Å². The van der Waals surface area contributed by atoms with Crippen molar-refractivity contribution >= 4 is 5.97 Å². The first-order chi connectivity index (χ1) is 14.3. The molecule has 0 aromatic carbocycles. The van der Waals surface area contributed by atoms with Crippen molar-refractivity contribution in [3.63, 3.8) is 0 Å². The fraction of sp³-hybridized carbons (Fsp3) is 0.889. The van der Waals surface area contributed by atoms with E-state index >= 15 is 0 Å². The molecule has 0 unspecified atom stereocenters. The summed E-state index contributed by atoms with van der Waals surface area (Å²) in [5, 5.41) is 9.76. The first-order valence-electron chi connectivity index (χ1n) is 13.0. The fourth-order valence-corrected chi connectivity index (χ4v) is 3.35. The van der Waals surface area contributed by atoms with E-state index in [4.69, 9.17) is 0 Å². The molecule has 0 aromatic rings. The first kappa shape index (κ1) is 31.4. The zero-order chi connectivity index (χ0) is 22.9. The van der Waals surface area contributed by atoms with Crippen LogP contribution in [-0.4, -0.2) is 38.1 Å². The number of allylic oxidation sites excluding steroid dienone is 2. The smallest absolute Gasteiger partial charge is 0.0780 e. The number of hydrogen-bond donors (Lipinski definition) is 0. The van der Waals surface area contributed by atoms with Gasteiger partial charge < -0.3 is 14.4 Å². The summed E-state index contributed by atoms with van der Waals surface area (Å²) in [6, 6.07) is 0. The lowest BCUT2D eigenvalue weighted by atomic mass is 10.1. The molecule has 0 atom stereocenters. The Kier molecular flexibility index (Phi) is 25.5. The van der Waals surface area contributed by atoms with E-state index in [2.05, 4.69) is 40.2 Å². The maximum absolute atomic E-state index is 9.76. The molecule has 3 nitrogen and oxygen atoms in total. The van der Waals surface area contributed by atoms with Crippen LogP contribution in [0.2, 0.25) is 0 Å². The number of carbonyl (C=O) groups excluding carboxylic acids is 1. The van der Waals surface area contributed by atoms with Crippen molar-refractivity contribution in [2.45, 2.75) is 129 Å². The van der Waals surface area contributed by atoms with Gasteiger partial charge in [0.15, 0.2) is 0 Å². The normalized spacial score (nSPS) is 11.5. The van der Waals surface area contributed by atoms with Gasteiger partial charge in [0, 0.05) is 5.97 Å². The van der Waals surface area contributed by atoms with Crippen LogP contribution in [0.25, 0.3) is 0 Å². The van der Waals surface area contributed by atoms with Gasteiger partial charge in [0.05, 0.1) is 27.7 Å². The Labute approximate surface area is 189 Å². The van der Waals surface area contributed by atoms with E-state index in [1.807, 2.05) is 6.92 Å². The predicted octanol–water partition coefficient (Wildman–Crippen LogP) is 7.05. The van der Waals surface area contributed by atoms with Gasteiger partial charge in [-0.25, -0.2) is 0 Å². The molecule has 0 N–H and O–H groups in total. The zero-order valence-corrected chi connectivity index (χ0v) is 21.4. The van der Waals surface area contributed by atoms with Crippen molar-refractivity contribution in [1.29, 1.82) is 0 Å². The summed E-state index contributed by atoms with van der Waals surface area (Å²) in [5.74, 6) is -0.932. The van der Waals surface area contributed by atoms with Crippen molar-refractivity contribution in [2.24, 2.45) is 0 Å². The molecule has 0 saturated carbocycles. The number of aliphatic carboxylic acids is 1. The molecule has 30 heavy (non-hydrogen) atoms. The molecule has 0 amide bonds. The molecule has 0 saturated heterocycles. The molecule has 0 spiro atoms. The summed E-state index contributed by atoms with van der Waals surface area (Å²) in [6.07, 6.45) is 27.4. The highest BCUT2D eigenvalue weighted by atomic mass is 16.4. The number of hydrogen-bond acceptors (Lipinski definition) is 2. The van der Waals surface area contributed by atoms with Crippen LogP contribution in [0.3, 0.4) is 0 Å².